The number of aromatic nitrogens is 3. The maximum Gasteiger partial charge on any atom is 0.416 e. The Hall–Kier alpha value is -3.60. The van der Waals surface area contributed by atoms with Gasteiger partial charge in [-0.2, -0.15) is 31.4 Å². The van der Waals surface area contributed by atoms with Crippen LogP contribution in [0.1, 0.15) is 43.2 Å². The number of nitrogens with one attached hydrogen (secondary N) is 1. The molecule has 2 aromatic heterocycles. The van der Waals surface area contributed by atoms with Gasteiger partial charge in [-0.05, 0) is 50.1 Å². The van der Waals surface area contributed by atoms with Crippen molar-refractivity contribution in [1.82, 2.24) is 15.2 Å². The van der Waals surface area contributed by atoms with E-state index in [0.29, 0.717) is 57.1 Å². The van der Waals surface area contributed by atoms with E-state index in [9.17, 15) is 31.1 Å². The predicted octanol–water partition coefficient (Wildman–Crippen LogP) is 7.82. The maximum atomic E-state index is 14.0. The molecule has 5 nitrogen and oxygen atoms in total. The summed E-state index contributed by atoms with van der Waals surface area (Å²) in [7, 11) is 1.41. The first-order valence-corrected chi connectivity index (χ1v) is 12.1. The fourth-order valence-electron chi connectivity index (χ4n) is 4.51. The lowest BCUT2D eigenvalue weighted by atomic mass is 9.81. The zero-order valence-corrected chi connectivity index (χ0v) is 22.0. The molecular weight excluding hydrogens is 546 g/mol. The molecule has 0 aliphatic rings. The number of benzene rings is 2. The summed E-state index contributed by atoms with van der Waals surface area (Å²) in [6, 6.07) is 8.06. The molecule has 0 aliphatic carbocycles. The largest absolute Gasteiger partial charge is 0.416 e. The van der Waals surface area contributed by atoms with Gasteiger partial charge in [0, 0.05) is 28.6 Å². The number of aromatic amines is 1. The molecule has 206 valence electrons. The van der Waals surface area contributed by atoms with Crippen LogP contribution in [0.15, 0.2) is 48.7 Å². The summed E-state index contributed by atoms with van der Waals surface area (Å²) in [6.45, 7) is 4.37. The molecule has 0 aliphatic heterocycles. The average molecular weight is 569 g/mol. The minimum Gasteiger partial charge on any atom is -0.312 e. The van der Waals surface area contributed by atoms with E-state index in [4.69, 9.17) is 11.6 Å². The second-order valence-electron chi connectivity index (χ2n) is 9.53. The lowest BCUT2D eigenvalue weighted by Crippen LogP contribution is -2.42. The normalized spacial score (nSPS) is 12.7. The number of halogens is 7. The van der Waals surface area contributed by atoms with E-state index in [1.54, 1.807) is 31.2 Å². The molecule has 1 N–H and O–H groups in total. The van der Waals surface area contributed by atoms with Crippen LogP contribution in [0.5, 0.6) is 0 Å². The smallest absolute Gasteiger partial charge is 0.312 e. The van der Waals surface area contributed by atoms with E-state index in [-0.39, 0.29) is 6.07 Å². The molecule has 0 saturated heterocycles. The lowest BCUT2D eigenvalue weighted by molar-refractivity contribution is -0.143. The number of nitrogens with zero attached hydrogens (tertiary/aromatic N) is 3. The fraction of sp³-hybridized carbons (Fsp3) is 0.296. The average Bonchev–Trinajstić information content (AvgIpc) is 3.34. The van der Waals surface area contributed by atoms with Crippen LogP contribution in [0, 0.1) is 0 Å². The van der Waals surface area contributed by atoms with Crippen molar-refractivity contribution in [2.75, 3.05) is 11.9 Å². The highest BCUT2D eigenvalue weighted by molar-refractivity contribution is 6.34. The van der Waals surface area contributed by atoms with Gasteiger partial charge in [-0.3, -0.25) is 9.89 Å². The van der Waals surface area contributed by atoms with Gasteiger partial charge in [0.2, 0.25) is 5.91 Å². The van der Waals surface area contributed by atoms with Crippen LogP contribution in [-0.2, 0) is 29.0 Å². The Bertz CT molecular complexity index is 1530. The highest BCUT2D eigenvalue weighted by atomic mass is 35.5. The molecule has 0 bridgehead atoms. The molecular formula is C27H23ClF6N4O. The van der Waals surface area contributed by atoms with Gasteiger partial charge in [0.1, 0.15) is 0 Å². The van der Waals surface area contributed by atoms with Gasteiger partial charge in [-0.25, -0.2) is 4.98 Å². The van der Waals surface area contributed by atoms with Gasteiger partial charge in [0.15, 0.2) is 5.65 Å². The van der Waals surface area contributed by atoms with Crippen LogP contribution in [-0.4, -0.2) is 28.1 Å². The van der Waals surface area contributed by atoms with Crippen LogP contribution in [0.3, 0.4) is 0 Å². The number of alkyl halides is 6. The molecule has 4 rings (SSSR count). The van der Waals surface area contributed by atoms with E-state index >= 15 is 0 Å². The Morgan fingerprint density at radius 1 is 0.974 bits per heavy atom. The number of aryl methyl sites for hydroxylation is 1. The second-order valence-corrected chi connectivity index (χ2v) is 9.94. The number of likely N-dealkylation sites (N-methyl/N-ethyl adjacent to an activating group) is 1. The molecule has 0 radical (unpaired) electrons. The SMILES string of the molecule is CCc1nc2[nH]ncc2c(-c2ccccc2Cl)c1N(C)C(=O)C(C)(C)c1cc(C(F)(F)F)cc(C(F)(F)F)c1. The first kappa shape index (κ1) is 28.4. The second kappa shape index (κ2) is 9.86. The first-order valence-electron chi connectivity index (χ1n) is 11.8. The van der Waals surface area contributed by atoms with Crippen LogP contribution in [0.25, 0.3) is 22.2 Å². The number of carbonyl (C=O) groups excluding carboxylic acids is 1. The lowest BCUT2D eigenvalue weighted by Gasteiger charge is -2.33. The summed E-state index contributed by atoms with van der Waals surface area (Å²) in [5.41, 5.74) is -2.98. The summed E-state index contributed by atoms with van der Waals surface area (Å²) in [5.74, 6) is -0.748. The molecule has 4 aromatic rings. The number of hydrogen-bond acceptors (Lipinski definition) is 3. The molecule has 2 heterocycles. The Balaban J connectivity index is 1.93. The fourth-order valence-corrected chi connectivity index (χ4v) is 4.74. The van der Waals surface area contributed by atoms with Crippen molar-refractivity contribution in [3.63, 3.8) is 0 Å². The van der Waals surface area contributed by atoms with E-state index in [1.807, 2.05) is 0 Å². The number of amides is 1. The monoisotopic (exact) mass is 568 g/mol. The number of rotatable bonds is 5. The van der Waals surface area contributed by atoms with E-state index in [0.717, 1.165) is 0 Å². The van der Waals surface area contributed by atoms with Gasteiger partial charge in [-0.1, -0.05) is 36.7 Å². The Kier molecular flexibility index (Phi) is 7.18. The van der Waals surface area contributed by atoms with Gasteiger partial charge < -0.3 is 4.90 Å². The first-order chi connectivity index (χ1) is 18.1. The third-order valence-corrected chi connectivity index (χ3v) is 6.94. The maximum absolute atomic E-state index is 14.0. The molecule has 39 heavy (non-hydrogen) atoms. The molecule has 2 aromatic carbocycles. The quantitative estimate of drug-likeness (QED) is 0.250. The van der Waals surface area contributed by atoms with Crippen LogP contribution in [0.4, 0.5) is 32.0 Å². The van der Waals surface area contributed by atoms with E-state index in [2.05, 4.69) is 15.2 Å². The third kappa shape index (κ3) is 5.19. The highest BCUT2D eigenvalue weighted by Gasteiger charge is 2.41. The number of anilines is 1. The molecule has 0 unspecified atom stereocenters. The van der Waals surface area contributed by atoms with Gasteiger partial charge >= 0.3 is 12.4 Å². The number of H-pyrrole nitrogens is 1. The summed E-state index contributed by atoms with van der Waals surface area (Å²) in [4.78, 5) is 19.8. The Morgan fingerprint density at radius 2 is 1.54 bits per heavy atom. The minimum atomic E-state index is -5.05. The summed E-state index contributed by atoms with van der Waals surface area (Å²) >= 11 is 6.52. The molecule has 0 fully saturated rings. The van der Waals surface area contributed by atoms with Crippen molar-refractivity contribution in [1.29, 1.82) is 0 Å². The number of carbonyl (C=O) groups is 1. The van der Waals surface area contributed by atoms with Gasteiger partial charge in [0.05, 0.1) is 34.1 Å². The highest BCUT2D eigenvalue weighted by Crippen LogP contribution is 2.44. The van der Waals surface area contributed by atoms with Crippen molar-refractivity contribution in [2.24, 2.45) is 0 Å². The van der Waals surface area contributed by atoms with Gasteiger partial charge in [-0.15, -0.1) is 0 Å². The van der Waals surface area contributed by atoms with E-state index in [1.165, 1.54) is 32.0 Å². The standard InChI is InChI=1S/C27H23ClF6N4O/c1-5-20-22(21(17-8-6-7-9-19(17)28)18-13-35-37-23(18)36-20)38(4)24(39)25(2,3)14-10-15(26(29,30)31)12-16(11-14)27(32,33)34/h6-13H,5H2,1-4H3,(H,35,36,37). The molecule has 0 saturated carbocycles. The number of fused-ring (bicyclic) bond motifs is 1. The summed E-state index contributed by atoms with van der Waals surface area (Å²) in [5, 5.41) is 7.74. The topological polar surface area (TPSA) is 61.9 Å². The van der Waals surface area contributed by atoms with Crippen molar-refractivity contribution >= 4 is 34.2 Å². The Morgan fingerprint density at radius 3 is 2.08 bits per heavy atom. The van der Waals surface area contributed by atoms with Crippen LogP contribution < -0.4 is 4.90 Å². The Labute approximate surface area is 224 Å². The van der Waals surface area contributed by atoms with E-state index < -0.39 is 40.4 Å². The van der Waals surface area contributed by atoms with Crippen molar-refractivity contribution in [2.45, 2.75) is 45.0 Å². The number of pyridine rings is 1. The predicted molar refractivity (Wildman–Crippen MR) is 137 cm³/mol. The van der Waals surface area contributed by atoms with Crippen LogP contribution in [0.2, 0.25) is 5.02 Å². The van der Waals surface area contributed by atoms with Crippen molar-refractivity contribution in [3.8, 4) is 11.1 Å². The summed E-state index contributed by atoms with van der Waals surface area (Å²) < 4.78 is 81.3. The molecule has 1 amide bonds. The third-order valence-electron chi connectivity index (χ3n) is 6.61. The zero-order valence-electron chi connectivity index (χ0n) is 21.2. The molecule has 0 atom stereocenters. The van der Waals surface area contributed by atoms with Crippen molar-refractivity contribution in [3.05, 3.63) is 76.1 Å². The van der Waals surface area contributed by atoms with Gasteiger partial charge in [0.25, 0.3) is 0 Å². The summed E-state index contributed by atoms with van der Waals surface area (Å²) in [6.07, 6.45) is -8.24. The minimum absolute atomic E-state index is 0.0369. The zero-order chi connectivity index (χ0) is 28.9. The molecule has 0 spiro atoms. The van der Waals surface area contributed by atoms with Crippen molar-refractivity contribution < 1.29 is 31.1 Å². The molecule has 12 heteroatoms. The van der Waals surface area contributed by atoms with Crippen LogP contribution >= 0.6 is 11.6 Å². The number of hydrogen-bond donors (Lipinski definition) is 1.